The summed E-state index contributed by atoms with van der Waals surface area (Å²) in [5, 5.41) is 15.0. The van der Waals surface area contributed by atoms with Crippen molar-refractivity contribution in [2.45, 2.75) is 38.0 Å². The van der Waals surface area contributed by atoms with E-state index in [1.54, 1.807) is 0 Å². The maximum absolute atomic E-state index is 13.5. The Morgan fingerprint density at radius 2 is 2.07 bits per heavy atom. The molecule has 0 fully saturated rings. The molecule has 0 saturated heterocycles. The number of aromatic nitrogens is 2. The first-order valence-corrected chi connectivity index (χ1v) is 5.20. The summed E-state index contributed by atoms with van der Waals surface area (Å²) in [7, 11) is 0. The van der Waals surface area contributed by atoms with Gasteiger partial charge in [-0.05, 0) is 25.7 Å². The molecule has 0 aromatic carbocycles. The Morgan fingerprint density at radius 1 is 1.33 bits per heavy atom. The summed E-state index contributed by atoms with van der Waals surface area (Å²) in [4.78, 5) is 0. The largest absolute Gasteiger partial charge is 0.396 e. The van der Waals surface area contributed by atoms with Crippen LogP contribution in [0.2, 0.25) is 0 Å². The van der Waals surface area contributed by atoms with Crippen molar-refractivity contribution in [1.82, 2.24) is 10.2 Å². The van der Waals surface area contributed by atoms with Crippen LogP contribution in [0.5, 0.6) is 0 Å². The van der Waals surface area contributed by atoms with Gasteiger partial charge in [0.1, 0.15) is 5.69 Å². The van der Waals surface area contributed by atoms with Gasteiger partial charge in [0.2, 0.25) is 0 Å². The summed E-state index contributed by atoms with van der Waals surface area (Å²) in [5.74, 6) is -3.00. The van der Waals surface area contributed by atoms with Crippen molar-refractivity contribution in [3.63, 3.8) is 0 Å². The highest BCUT2D eigenvalue weighted by Gasteiger charge is 2.37. The van der Waals surface area contributed by atoms with Crippen LogP contribution in [0.25, 0.3) is 0 Å². The maximum atomic E-state index is 13.5. The molecule has 1 aliphatic rings. The van der Waals surface area contributed by atoms with Gasteiger partial charge in [-0.15, -0.1) is 0 Å². The molecule has 3 nitrogen and oxygen atoms in total. The van der Waals surface area contributed by atoms with Crippen LogP contribution in [-0.4, -0.2) is 21.9 Å². The number of hydrogen-bond acceptors (Lipinski definition) is 2. The van der Waals surface area contributed by atoms with E-state index >= 15 is 0 Å². The topological polar surface area (TPSA) is 48.9 Å². The van der Waals surface area contributed by atoms with Crippen LogP contribution >= 0.6 is 0 Å². The predicted molar refractivity (Wildman–Crippen MR) is 50.8 cm³/mol. The van der Waals surface area contributed by atoms with Gasteiger partial charge in [-0.25, -0.2) is 0 Å². The Kier molecular flexibility index (Phi) is 2.73. The number of rotatable bonds is 3. The van der Waals surface area contributed by atoms with Gasteiger partial charge in [-0.1, -0.05) is 0 Å². The first-order valence-electron chi connectivity index (χ1n) is 5.20. The van der Waals surface area contributed by atoms with Gasteiger partial charge in [0.05, 0.1) is 0 Å². The van der Waals surface area contributed by atoms with Crippen LogP contribution in [-0.2, 0) is 18.8 Å². The first-order chi connectivity index (χ1) is 7.15. The van der Waals surface area contributed by atoms with E-state index in [0.717, 1.165) is 25.0 Å². The monoisotopic (exact) mass is 216 g/mol. The summed E-state index contributed by atoms with van der Waals surface area (Å²) < 4.78 is 27.1. The number of aliphatic hydroxyl groups excluding tert-OH is 1. The minimum absolute atomic E-state index is 0.161. The fourth-order valence-corrected chi connectivity index (χ4v) is 2.04. The second-order valence-corrected chi connectivity index (χ2v) is 3.91. The van der Waals surface area contributed by atoms with E-state index in [4.69, 9.17) is 5.11 Å². The number of fused-ring (bicyclic) bond motifs is 1. The zero-order valence-electron chi connectivity index (χ0n) is 8.39. The van der Waals surface area contributed by atoms with E-state index < -0.39 is 19.0 Å². The molecule has 15 heavy (non-hydrogen) atoms. The van der Waals surface area contributed by atoms with E-state index in [1.165, 1.54) is 0 Å². The van der Waals surface area contributed by atoms with Crippen molar-refractivity contribution in [3.05, 3.63) is 17.0 Å². The van der Waals surface area contributed by atoms with Gasteiger partial charge < -0.3 is 5.11 Å². The molecule has 0 spiro atoms. The normalized spacial score (nSPS) is 16.5. The molecular formula is C10H14F2N2O. The number of hydrogen-bond donors (Lipinski definition) is 2. The molecule has 0 saturated carbocycles. The summed E-state index contributed by atoms with van der Waals surface area (Å²) in [6.45, 7) is -0.519. The van der Waals surface area contributed by atoms with Crippen molar-refractivity contribution >= 4 is 0 Å². The molecule has 0 unspecified atom stereocenters. The third-order valence-corrected chi connectivity index (χ3v) is 2.83. The van der Waals surface area contributed by atoms with Crippen LogP contribution in [0.3, 0.4) is 0 Å². The molecule has 1 aliphatic carbocycles. The maximum Gasteiger partial charge on any atom is 0.293 e. The SMILES string of the molecule is OCCC(F)(F)c1n[nH]c2c1CCCC2. The molecule has 2 N–H and O–H groups in total. The Bertz CT molecular complexity index is 349. The lowest BCUT2D eigenvalue weighted by Crippen LogP contribution is -2.18. The molecule has 1 aromatic rings. The highest BCUT2D eigenvalue weighted by Crippen LogP contribution is 2.35. The molecule has 0 atom stereocenters. The summed E-state index contributed by atoms with van der Waals surface area (Å²) in [6, 6.07) is 0. The minimum Gasteiger partial charge on any atom is -0.396 e. The van der Waals surface area contributed by atoms with Gasteiger partial charge >= 0.3 is 0 Å². The Hall–Kier alpha value is -0.970. The van der Waals surface area contributed by atoms with Crippen LogP contribution in [0.15, 0.2) is 0 Å². The molecule has 0 radical (unpaired) electrons. The van der Waals surface area contributed by atoms with Crippen molar-refractivity contribution in [3.8, 4) is 0 Å². The quantitative estimate of drug-likeness (QED) is 0.808. The molecule has 2 rings (SSSR count). The van der Waals surface area contributed by atoms with E-state index in [1.807, 2.05) is 0 Å². The third kappa shape index (κ3) is 1.88. The Morgan fingerprint density at radius 3 is 2.80 bits per heavy atom. The number of aromatic amines is 1. The van der Waals surface area contributed by atoms with E-state index in [-0.39, 0.29) is 5.69 Å². The molecule has 0 amide bonds. The van der Waals surface area contributed by atoms with Crippen molar-refractivity contribution < 1.29 is 13.9 Å². The van der Waals surface area contributed by atoms with Gasteiger partial charge in [0.25, 0.3) is 5.92 Å². The lowest BCUT2D eigenvalue weighted by atomic mass is 9.93. The van der Waals surface area contributed by atoms with Crippen molar-refractivity contribution in [1.29, 1.82) is 0 Å². The molecule has 0 bridgehead atoms. The van der Waals surface area contributed by atoms with Crippen LogP contribution in [0, 0.1) is 0 Å². The number of halogens is 2. The highest BCUT2D eigenvalue weighted by atomic mass is 19.3. The van der Waals surface area contributed by atoms with Gasteiger partial charge in [-0.3, -0.25) is 5.10 Å². The highest BCUT2D eigenvalue weighted by molar-refractivity contribution is 5.30. The smallest absolute Gasteiger partial charge is 0.293 e. The molecule has 1 aromatic heterocycles. The number of nitrogens with zero attached hydrogens (tertiary/aromatic N) is 1. The van der Waals surface area contributed by atoms with Crippen molar-refractivity contribution in [2.75, 3.05) is 6.61 Å². The average molecular weight is 216 g/mol. The lowest BCUT2D eigenvalue weighted by molar-refractivity contribution is -0.0318. The van der Waals surface area contributed by atoms with Crippen LogP contribution in [0.4, 0.5) is 8.78 Å². The predicted octanol–water partition coefficient (Wildman–Crippen LogP) is 1.76. The number of H-pyrrole nitrogens is 1. The molecule has 0 aliphatic heterocycles. The van der Waals surface area contributed by atoms with E-state index in [9.17, 15) is 8.78 Å². The fraction of sp³-hybridized carbons (Fsp3) is 0.700. The molecule has 5 heteroatoms. The van der Waals surface area contributed by atoms with Gasteiger partial charge in [0, 0.05) is 24.3 Å². The molecule has 1 heterocycles. The minimum atomic E-state index is -3.00. The standard InChI is InChI=1S/C10H14F2N2O/c11-10(12,5-6-15)9-7-3-1-2-4-8(7)13-14-9/h15H,1-6H2,(H,13,14). The summed E-state index contributed by atoms with van der Waals surface area (Å²) in [5.41, 5.74) is 1.35. The average Bonchev–Trinajstić information content (AvgIpc) is 2.61. The number of aryl methyl sites for hydroxylation is 1. The van der Waals surface area contributed by atoms with Crippen LogP contribution in [0.1, 0.15) is 36.2 Å². The Balaban J connectivity index is 2.32. The van der Waals surface area contributed by atoms with Crippen molar-refractivity contribution in [2.24, 2.45) is 0 Å². The zero-order chi connectivity index (χ0) is 10.9. The van der Waals surface area contributed by atoms with E-state index in [0.29, 0.717) is 12.0 Å². The van der Waals surface area contributed by atoms with Gasteiger partial charge in [0.15, 0.2) is 0 Å². The van der Waals surface area contributed by atoms with Crippen LogP contribution < -0.4 is 0 Å². The van der Waals surface area contributed by atoms with Gasteiger partial charge in [-0.2, -0.15) is 13.9 Å². The second kappa shape index (κ2) is 3.89. The number of alkyl halides is 2. The summed E-state index contributed by atoms with van der Waals surface area (Å²) in [6.07, 6.45) is 2.89. The number of nitrogens with one attached hydrogen (secondary N) is 1. The Labute approximate surface area is 86.5 Å². The fourth-order valence-electron chi connectivity index (χ4n) is 2.04. The second-order valence-electron chi connectivity index (χ2n) is 3.91. The zero-order valence-corrected chi connectivity index (χ0v) is 8.39. The number of aliphatic hydroxyl groups is 1. The third-order valence-electron chi connectivity index (χ3n) is 2.83. The lowest BCUT2D eigenvalue weighted by Gasteiger charge is -2.16. The molecular weight excluding hydrogens is 202 g/mol. The molecule has 84 valence electrons. The summed E-state index contributed by atoms with van der Waals surface area (Å²) >= 11 is 0. The first kappa shape index (κ1) is 10.5. The van der Waals surface area contributed by atoms with E-state index in [2.05, 4.69) is 10.2 Å².